The first-order valence-electron chi connectivity index (χ1n) is 8.96. The van der Waals surface area contributed by atoms with Gasteiger partial charge < -0.3 is 10.1 Å². The van der Waals surface area contributed by atoms with E-state index in [1.807, 2.05) is 55.5 Å². The molecule has 0 atom stereocenters. The number of carbonyl (C=O) groups excluding carboxylic acids is 1. The average molecular weight is 378 g/mol. The molecule has 0 spiro atoms. The first-order valence-corrected chi connectivity index (χ1v) is 9.95. The quantitative estimate of drug-likeness (QED) is 0.518. The molecule has 1 amide bonds. The lowest BCUT2D eigenvalue weighted by atomic mass is 10.1. The summed E-state index contributed by atoms with van der Waals surface area (Å²) in [6.45, 7) is 4.66. The highest BCUT2D eigenvalue weighted by Gasteiger charge is 2.06. The third-order valence-corrected chi connectivity index (χ3v) is 5.15. The summed E-state index contributed by atoms with van der Waals surface area (Å²) in [5.74, 6) is 1.56. The number of hydrogen-bond acceptors (Lipinski definition) is 3. The molecule has 3 aromatic carbocycles. The second-order valence-electron chi connectivity index (χ2n) is 6.21. The fourth-order valence-corrected chi connectivity index (χ4v) is 3.41. The van der Waals surface area contributed by atoms with Gasteiger partial charge in [-0.1, -0.05) is 29.8 Å². The minimum atomic E-state index is -0.114. The number of ether oxygens (including phenoxy) is 1. The zero-order valence-corrected chi connectivity index (χ0v) is 16.4. The van der Waals surface area contributed by atoms with Crippen LogP contribution in [0.5, 0.6) is 5.75 Å². The zero-order valence-electron chi connectivity index (χ0n) is 15.6. The van der Waals surface area contributed by atoms with E-state index in [0.29, 0.717) is 12.2 Å². The minimum Gasteiger partial charge on any atom is -0.494 e. The maximum atomic E-state index is 12.4. The molecule has 0 aliphatic carbocycles. The number of nitrogens with one attached hydrogen (secondary N) is 1. The van der Waals surface area contributed by atoms with Crippen molar-refractivity contribution < 1.29 is 9.53 Å². The number of hydrogen-bond donors (Lipinski definition) is 1. The van der Waals surface area contributed by atoms with Gasteiger partial charge in [-0.15, -0.1) is 11.8 Å². The molecule has 0 bridgehead atoms. The molecule has 4 heteroatoms. The van der Waals surface area contributed by atoms with Gasteiger partial charge in [0.15, 0.2) is 0 Å². The Balaban J connectivity index is 1.55. The van der Waals surface area contributed by atoms with Crippen LogP contribution in [0.2, 0.25) is 0 Å². The zero-order chi connectivity index (χ0) is 19.1. The summed E-state index contributed by atoms with van der Waals surface area (Å²) in [6, 6.07) is 23.7. The SMILES string of the molecule is CCOc1ccc(NC(=O)c2ccc(CSc3ccc(C)cc3)cc2)cc1. The highest BCUT2D eigenvalue weighted by Crippen LogP contribution is 2.23. The van der Waals surface area contributed by atoms with Crippen LogP contribution in [0.4, 0.5) is 5.69 Å². The Hall–Kier alpha value is -2.72. The summed E-state index contributed by atoms with van der Waals surface area (Å²) >= 11 is 1.79. The fraction of sp³-hybridized carbons (Fsp3) is 0.174. The predicted molar refractivity (Wildman–Crippen MR) is 113 cm³/mol. The van der Waals surface area contributed by atoms with Crippen molar-refractivity contribution in [1.29, 1.82) is 0 Å². The molecule has 0 saturated carbocycles. The molecule has 138 valence electrons. The van der Waals surface area contributed by atoms with Crippen LogP contribution in [0.25, 0.3) is 0 Å². The Kier molecular flexibility index (Phi) is 6.55. The fourth-order valence-electron chi connectivity index (χ4n) is 2.56. The Bertz CT molecular complexity index is 872. The molecule has 0 heterocycles. The summed E-state index contributed by atoms with van der Waals surface area (Å²) in [6.07, 6.45) is 0. The van der Waals surface area contributed by atoms with Gasteiger partial charge >= 0.3 is 0 Å². The number of amides is 1. The van der Waals surface area contributed by atoms with Crippen LogP contribution in [0.15, 0.2) is 77.7 Å². The lowest BCUT2D eigenvalue weighted by Gasteiger charge is -2.08. The number of benzene rings is 3. The van der Waals surface area contributed by atoms with Crippen molar-refractivity contribution in [2.24, 2.45) is 0 Å². The second-order valence-corrected chi connectivity index (χ2v) is 7.26. The van der Waals surface area contributed by atoms with E-state index in [0.717, 1.165) is 17.2 Å². The van der Waals surface area contributed by atoms with E-state index in [9.17, 15) is 4.79 Å². The number of carbonyl (C=O) groups is 1. The van der Waals surface area contributed by atoms with Gasteiger partial charge in [0.25, 0.3) is 5.91 Å². The highest BCUT2D eigenvalue weighted by molar-refractivity contribution is 7.98. The van der Waals surface area contributed by atoms with Crippen LogP contribution in [-0.4, -0.2) is 12.5 Å². The molecule has 3 rings (SSSR count). The number of aryl methyl sites for hydroxylation is 1. The summed E-state index contributed by atoms with van der Waals surface area (Å²) in [4.78, 5) is 13.6. The van der Waals surface area contributed by atoms with Crippen LogP contribution in [0.3, 0.4) is 0 Å². The monoisotopic (exact) mass is 377 g/mol. The molecule has 0 aliphatic heterocycles. The molecule has 0 fully saturated rings. The van der Waals surface area contributed by atoms with E-state index < -0.39 is 0 Å². The number of thioether (sulfide) groups is 1. The van der Waals surface area contributed by atoms with Crippen LogP contribution in [-0.2, 0) is 5.75 Å². The lowest BCUT2D eigenvalue weighted by molar-refractivity contribution is 0.102. The summed E-state index contributed by atoms with van der Waals surface area (Å²) in [5, 5.41) is 2.91. The molecule has 0 saturated heterocycles. The van der Waals surface area contributed by atoms with E-state index in [2.05, 4.69) is 36.5 Å². The first-order chi connectivity index (χ1) is 13.1. The maximum absolute atomic E-state index is 12.4. The van der Waals surface area contributed by atoms with Crippen LogP contribution in [0, 0.1) is 6.92 Å². The van der Waals surface area contributed by atoms with Crippen molar-refractivity contribution >= 4 is 23.4 Å². The third-order valence-electron chi connectivity index (χ3n) is 4.07. The Morgan fingerprint density at radius 1 is 0.926 bits per heavy atom. The molecule has 1 N–H and O–H groups in total. The Morgan fingerprint density at radius 2 is 1.59 bits per heavy atom. The highest BCUT2D eigenvalue weighted by atomic mass is 32.2. The maximum Gasteiger partial charge on any atom is 0.255 e. The molecular formula is C23H23NO2S. The van der Waals surface area contributed by atoms with Crippen molar-refractivity contribution in [3.05, 3.63) is 89.5 Å². The third kappa shape index (κ3) is 5.63. The van der Waals surface area contributed by atoms with E-state index in [1.165, 1.54) is 16.0 Å². The van der Waals surface area contributed by atoms with Gasteiger partial charge in [-0.25, -0.2) is 0 Å². The smallest absolute Gasteiger partial charge is 0.255 e. The van der Waals surface area contributed by atoms with Gasteiger partial charge in [0.05, 0.1) is 6.61 Å². The van der Waals surface area contributed by atoms with Gasteiger partial charge in [-0.3, -0.25) is 4.79 Å². The first kappa shape index (κ1) is 19.1. The van der Waals surface area contributed by atoms with Crippen molar-refractivity contribution in [2.45, 2.75) is 24.5 Å². The molecule has 0 unspecified atom stereocenters. The van der Waals surface area contributed by atoms with Crippen LogP contribution >= 0.6 is 11.8 Å². The van der Waals surface area contributed by atoms with Crippen molar-refractivity contribution in [3.8, 4) is 5.75 Å². The Morgan fingerprint density at radius 3 is 2.22 bits per heavy atom. The molecule has 3 nitrogen and oxygen atoms in total. The normalized spacial score (nSPS) is 10.4. The molecule has 27 heavy (non-hydrogen) atoms. The summed E-state index contributed by atoms with van der Waals surface area (Å²) < 4.78 is 5.41. The minimum absolute atomic E-state index is 0.114. The van der Waals surface area contributed by atoms with Crippen molar-refractivity contribution in [1.82, 2.24) is 0 Å². The number of anilines is 1. The largest absolute Gasteiger partial charge is 0.494 e. The van der Waals surface area contributed by atoms with Gasteiger partial charge in [0, 0.05) is 21.9 Å². The van der Waals surface area contributed by atoms with Crippen LogP contribution < -0.4 is 10.1 Å². The lowest BCUT2D eigenvalue weighted by Crippen LogP contribution is -2.11. The topological polar surface area (TPSA) is 38.3 Å². The molecular weight excluding hydrogens is 354 g/mol. The van der Waals surface area contributed by atoms with Gasteiger partial charge in [-0.05, 0) is 67.9 Å². The van der Waals surface area contributed by atoms with Crippen LogP contribution in [0.1, 0.15) is 28.4 Å². The Labute approximate surface area is 164 Å². The molecule has 0 aliphatic rings. The second kappa shape index (κ2) is 9.28. The van der Waals surface area contributed by atoms with Crippen molar-refractivity contribution in [3.63, 3.8) is 0 Å². The standard InChI is InChI=1S/C23H23NO2S/c1-3-26-21-12-10-20(11-13-21)24-23(25)19-8-6-18(7-9-19)16-27-22-14-4-17(2)5-15-22/h4-15H,3,16H2,1-2H3,(H,24,25). The van der Waals surface area contributed by atoms with E-state index in [-0.39, 0.29) is 5.91 Å². The van der Waals surface area contributed by atoms with E-state index in [4.69, 9.17) is 4.74 Å². The van der Waals surface area contributed by atoms with Gasteiger partial charge in [0.2, 0.25) is 0 Å². The molecule has 0 radical (unpaired) electrons. The van der Waals surface area contributed by atoms with Crippen molar-refractivity contribution in [2.75, 3.05) is 11.9 Å². The average Bonchev–Trinajstić information content (AvgIpc) is 2.70. The molecule has 0 aromatic heterocycles. The summed E-state index contributed by atoms with van der Waals surface area (Å²) in [7, 11) is 0. The van der Waals surface area contributed by atoms with Gasteiger partial charge in [0.1, 0.15) is 5.75 Å². The molecule has 3 aromatic rings. The van der Waals surface area contributed by atoms with E-state index >= 15 is 0 Å². The summed E-state index contributed by atoms with van der Waals surface area (Å²) in [5.41, 5.74) is 3.86. The number of rotatable bonds is 7. The van der Waals surface area contributed by atoms with E-state index in [1.54, 1.807) is 11.8 Å². The van der Waals surface area contributed by atoms with Gasteiger partial charge in [-0.2, -0.15) is 0 Å². The predicted octanol–water partition coefficient (Wildman–Crippen LogP) is 5.94.